The van der Waals surface area contributed by atoms with Gasteiger partial charge in [-0.25, -0.2) is 0 Å². The van der Waals surface area contributed by atoms with Crippen molar-refractivity contribution in [2.45, 2.75) is 38.1 Å². The Morgan fingerprint density at radius 3 is 2.33 bits per heavy atom. The fourth-order valence-corrected chi connectivity index (χ4v) is 3.90. The Morgan fingerprint density at radius 1 is 0.963 bits per heavy atom. The number of fused-ring (bicyclic) bond motifs is 1. The molecular formula is C22H21ClN2O2. The molecule has 1 heterocycles. The number of halogens is 1. The van der Waals surface area contributed by atoms with Gasteiger partial charge >= 0.3 is 0 Å². The molecule has 4 nitrogen and oxygen atoms in total. The molecule has 0 bridgehead atoms. The van der Waals surface area contributed by atoms with Crippen molar-refractivity contribution in [1.29, 1.82) is 0 Å². The van der Waals surface area contributed by atoms with E-state index in [1.165, 1.54) is 11.0 Å². The first-order valence-electron chi connectivity index (χ1n) is 9.35. The molecule has 3 aromatic rings. The number of pyridine rings is 1. The van der Waals surface area contributed by atoms with Crippen LogP contribution in [0.1, 0.15) is 42.5 Å². The van der Waals surface area contributed by atoms with Crippen molar-refractivity contribution >= 4 is 28.3 Å². The van der Waals surface area contributed by atoms with Crippen LogP contribution < -0.4 is 10.9 Å². The number of rotatable bonds is 3. The second kappa shape index (κ2) is 7.57. The molecule has 2 aromatic carbocycles. The number of carbonyl (C=O) groups excluding carboxylic acids is 1. The minimum Gasteiger partial charge on any atom is -0.349 e. The Hall–Kier alpha value is -2.59. The molecule has 1 fully saturated rings. The highest BCUT2D eigenvalue weighted by Crippen LogP contribution is 2.21. The third-order valence-electron chi connectivity index (χ3n) is 5.21. The number of amides is 1. The lowest BCUT2D eigenvalue weighted by molar-refractivity contribution is 0.0929. The van der Waals surface area contributed by atoms with Crippen LogP contribution in [-0.2, 0) is 0 Å². The molecule has 1 aromatic heterocycles. The van der Waals surface area contributed by atoms with E-state index >= 15 is 0 Å². The van der Waals surface area contributed by atoms with Gasteiger partial charge in [-0.1, -0.05) is 49.1 Å². The van der Waals surface area contributed by atoms with Gasteiger partial charge in [0.25, 0.3) is 11.5 Å². The summed E-state index contributed by atoms with van der Waals surface area (Å²) >= 11 is 5.97. The molecule has 1 aliphatic carbocycles. The summed E-state index contributed by atoms with van der Waals surface area (Å²) in [6.45, 7) is 0. The minimum atomic E-state index is -0.151. The monoisotopic (exact) mass is 380 g/mol. The third kappa shape index (κ3) is 3.62. The van der Waals surface area contributed by atoms with Gasteiger partial charge in [-0.2, -0.15) is 0 Å². The zero-order valence-corrected chi connectivity index (χ0v) is 15.7. The highest BCUT2D eigenvalue weighted by molar-refractivity contribution is 6.30. The van der Waals surface area contributed by atoms with Crippen LogP contribution in [-0.4, -0.2) is 16.5 Å². The van der Waals surface area contributed by atoms with E-state index in [1.54, 1.807) is 36.5 Å². The van der Waals surface area contributed by atoms with Crippen molar-refractivity contribution in [2.75, 3.05) is 0 Å². The van der Waals surface area contributed by atoms with Crippen LogP contribution in [0.25, 0.3) is 16.5 Å². The van der Waals surface area contributed by atoms with Crippen LogP contribution in [0.5, 0.6) is 0 Å². The van der Waals surface area contributed by atoms with Gasteiger partial charge in [-0.3, -0.25) is 14.2 Å². The summed E-state index contributed by atoms with van der Waals surface area (Å²) < 4.78 is 1.52. The topological polar surface area (TPSA) is 51.1 Å². The van der Waals surface area contributed by atoms with E-state index in [-0.39, 0.29) is 17.5 Å². The van der Waals surface area contributed by atoms with Gasteiger partial charge in [0.15, 0.2) is 0 Å². The molecule has 1 aliphatic rings. The lowest BCUT2D eigenvalue weighted by atomic mass is 9.95. The number of nitrogens with zero attached hydrogens (tertiary/aromatic N) is 1. The van der Waals surface area contributed by atoms with Gasteiger partial charge in [0.05, 0.1) is 5.56 Å². The second-order valence-electron chi connectivity index (χ2n) is 7.05. The Labute approximate surface area is 162 Å². The zero-order chi connectivity index (χ0) is 18.8. The molecule has 1 N–H and O–H groups in total. The molecule has 1 saturated carbocycles. The molecule has 0 spiro atoms. The van der Waals surface area contributed by atoms with Gasteiger partial charge in [0.1, 0.15) is 0 Å². The van der Waals surface area contributed by atoms with Crippen molar-refractivity contribution in [3.8, 4) is 5.69 Å². The molecule has 27 heavy (non-hydrogen) atoms. The first-order chi connectivity index (χ1) is 13.1. The highest BCUT2D eigenvalue weighted by Gasteiger charge is 2.20. The lowest BCUT2D eigenvalue weighted by Gasteiger charge is -2.23. The van der Waals surface area contributed by atoms with Crippen molar-refractivity contribution in [1.82, 2.24) is 9.88 Å². The number of carbonyl (C=O) groups is 1. The molecule has 0 atom stereocenters. The molecular weight excluding hydrogens is 360 g/mol. The smallest absolute Gasteiger partial charge is 0.262 e. The summed E-state index contributed by atoms with van der Waals surface area (Å²) in [5.74, 6) is -0.124. The largest absolute Gasteiger partial charge is 0.349 e. The third-order valence-corrected chi connectivity index (χ3v) is 5.47. The van der Waals surface area contributed by atoms with Crippen molar-refractivity contribution in [3.63, 3.8) is 0 Å². The molecule has 1 amide bonds. The van der Waals surface area contributed by atoms with E-state index in [9.17, 15) is 9.59 Å². The predicted molar refractivity (Wildman–Crippen MR) is 109 cm³/mol. The lowest BCUT2D eigenvalue weighted by Crippen LogP contribution is -2.37. The number of nitrogens with one attached hydrogen (secondary N) is 1. The van der Waals surface area contributed by atoms with E-state index in [2.05, 4.69) is 5.32 Å². The van der Waals surface area contributed by atoms with Gasteiger partial charge < -0.3 is 5.32 Å². The molecule has 138 valence electrons. The van der Waals surface area contributed by atoms with Crippen LogP contribution in [0.4, 0.5) is 0 Å². The average molecular weight is 381 g/mol. The Bertz CT molecular complexity index is 1030. The summed E-state index contributed by atoms with van der Waals surface area (Å²) in [6, 6.07) is 14.5. The molecule has 4 rings (SSSR count). The average Bonchev–Trinajstić information content (AvgIpc) is 2.70. The van der Waals surface area contributed by atoms with E-state index < -0.39 is 0 Å². The Kier molecular flexibility index (Phi) is 4.99. The maximum atomic E-state index is 13.0. The van der Waals surface area contributed by atoms with E-state index in [4.69, 9.17) is 11.6 Å². The summed E-state index contributed by atoms with van der Waals surface area (Å²) in [6.07, 6.45) is 7.20. The van der Waals surface area contributed by atoms with Crippen molar-refractivity contribution in [2.24, 2.45) is 0 Å². The minimum absolute atomic E-state index is 0.124. The maximum absolute atomic E-state index is 13.0. The number of hydrogen-bond acceptors (Lipinski definition) is 2. The van der Waals surface area contributed by atoms with E-state index in [0.717, 1.165) is 25.7 Å². The molecule has 0 unspecified atom stereocenters. The maximum Gasteiger partial charge on any atom is 0.262 e. The molecule has 0 saturated heterocycles. The SMILES string of the molecule is O=C(NC1CCCCC1)c1cn(-c2ccc(Cl)cc2)c(=O)c2ccccc12. The predicted octanol–water partition coefficient (Wildman–Crippen LogP) is 4.71. The first-order valence-corrected chi connectivity index (χ1v) is 9.72. The van der Waals surface area contributed by atoms with Crippen LogP contribution in [0.2, 0.25) is 5.02 Å². The standard InChI is InChI=1S/C22H21ClN2O2/c23-15-10-12-17(13-11-15)25-14-20(18-8-4-5-9-19(18)22(25)27)21(26)24-16-6-2-1-3-7-16/h4-5,8-14,16H,1-3,6-7H2,(H,24,26). The second-order valence-corrected chi connectivity index (χ2v) is 7.48. The van der Waals surface area contributed by atoms with Gasteiger partial charge in [-0.15, -0.1) is 0 Å². The summed E-state index contributed by atoms with van der Waals surface area (Å²) in [4.78, 5) is 26.0. The van der Waals surface area contributed by atoms with Gasteiger partial charge in [-0.05, 0) is 43.2 Å². The number of benzene rings is 2. The molecule has 0 aliphatic heterocycles. The molecule has 5 heteroatoms. The normalized spacial score (nSPS) is 15.0. The fourth-order valence-electron chi connectivity index (χ4n) is 3.78. The Balaban J connectivity index is 1.81. The van der Waals surface area contributed by atoms with Crippen LogP contribution >= 0.6 is 11.6 Å². The zero-order valence-electron chi connectivity index (χ0n) is 15.0. The number of hydrogen-bond donors (Lipinski definition) is 1. The highest BCUT2D eigenvalue weighted by atomic mass is 35.5. The fraction of sp³-hybridized carbons (Fsp3) is 0.273. The first kappa shape index (κ1) is 17.8. The number of aromatic nitrogens is 1. The van der Waals surface area contributed by atoms with Crippen LogP contribution in [0.15, 0.2) is 59.5 Å². The van der Waals surface area contributed by atoms with Gasteiger partial charge in [0, 0.05) is 33.7 Å². The van der Waals surface area contributed by atoms with Crippen LogP contribution in [0.3, 0.4) is 0 Å². The van der Waals surface area contributed by atoms with E-state index in [1.807, 2.05) is 18.2 Å². The molecule has 0 radical (unpaired) electrons. The summed E-state index contributed by atoms with van der Waals surface area (Å²) in [5, 5.41) is 4.97. The van der Waals surface area contributed by atoms with Crippen LogP contribution in [0, 0.1) is 0 Å². The summed E-state index contributed by atoms with van der Waals surface area (Å²) in [5.41, 5.74) is 1.05. The van der Waals surface area contributed by atoms with Gasteiger partial charge in [0.2, 0.25) is 0 Å². The summed E-state index contributed by atoms with van der Waals surface area (Å²) in [7, 11) is 0. The quantitative estimate of drug-likeness (QED) is 0.715. The van der Waals surface area contributed by atoms with Crippen molar-refractivity contribution < 1.29 is 4.79 Å². The van der Waals surface area contributed by atoms with Crippen molar-refractivity contribution in [3.05, 3.63) is 75.7 Å². The van der Waals surface area contributed by atoms with E-state index in [0.29, 0.717) is 27.0 Å². The Morgan fingerprint density at radius 2 is 1.63 bits per heavy atom.